The van der Waals surface area contributed by atoms with Crippen molar-refractivity contribution < 1.29 is 29.0 Å². The number of carbonyl (C=O) groups is 3. The summed E-state index contributed by atoms with van der Waals surface area (Å²) in [6, 6.07) is 11.2. The van der Waals surface area contributed by atoms with E-state index in [2.05, 4.69) is 13.8 Å². The van der Waals surface area contributed by atoms with Gasteiger partial charge in [-0.15, -0.1) is 0 Å². The van der Waals surface area contributed by atoms with E-state index in [1.165, 1.54) is 63.5 Å². The van der Waals surface area contributed by atoms with Gasteiger partial charge in [0.1, 0.15) is 5.75 Å². The SMILES string of the molecule is CCCCCCCCCCCCC(=O)Oc1ccc(C(=O)O)c(-c2ccc(C(=O)O[C@H](C)CCCCCC)cc2)c1. The summed E-state index contributed by atoms with van der Waals surface area (Å²) in [5.41, 5.74) is 1.53. The highest BCUT2D eigenvalue weighted by Crippen LogP contribution is 2.29. The molecular weight excluding hydrogens is 516 g/mol. The molecule has 2 aromatic carbocycles. The lowest BCUT2D eigenvalue weighted by atomic mass is 9.98. The van der Waals surface area contributed by atoms with Gasteiger partial charge >= 0.3 is 17.9 Å². The Bertz CT molecular complexity index is 1060. The molecule has 0 fully saturated rings. The Kier molecular flexibility index (Phi) is 16.5. The molecule has 0 aliphatic heterocycles. The Morgan fingerprint density at radius 1 is 0.732 bits per heavy atom. The van der Waals surface area contributed by atoms with Crippen LogP contribution in [-0.4, -0.2) is 29.1 Å². The second-order valence-electron chi connectivity index (χ2n) is 11.1. The molecule has 0 amide bonds. The van der Waals surface area contributed by atoms with Crippen molar-refractivity contribution in [1.82, 2.24) is 0 Å². The summed E-state index contributed by atoms with van der Waals surface area (Å²) >= 11 is 0. The van der Waals surface area contributed by atoms with E-state index in [1.807, 2.05) is 6.92 Å². The molecule has 6 nitrogen and oxygen atoms in total. The van der Waals surface area contributed by atoms with Crippen molar-refractivity contribution >= 4 is 17.9 Å². The largest absolute Gasteiger partial charge is 0.478 e. The van der Waals surface area contributed by atoms with Crippen molar-refractivity contribution in [3.05, 3.63) is 53.6 Å². The van der Waals surface area contributed by atoms with Crippen molar-refractivity contribution in [3.63, 3.8) is 0 Å². The molecule has 1 N–H and O–H groups in total. The smallest absolute Gasteiger partial charge is 0.338 e. The average molecular weight is 567 g/mol. The summed E-state index contributed by atoms with van der Waals surface area (Å²) in [7, 11) is 0. The monoisotopic (exact) mass is 566 g/mol. The normalized spacial score (nSPS) is 11.7. The predicted octanol–water partition coefficient (Wildman–Crippen LogP) is 9.78. The van der Waals surface area contributed by atoms with E-state index in [0.29, 0.717) is 28.9 Å². The van der Waals surface area contributed by atoms with Gasteiger partial charge in [-0.3, -0.25) is 4.79 Å². The van der Waals surface area contributed by atoms with Gasteiger partial charge in [-0.2, -0.15) is 0 Å². The highest BCUT2D eigenvalue weighted by atomic mass is 16.5. The molecule has 0 saturated carbocycles. The molecule has 0 aliphatic carbocycles. The third kappa shape index (κ3) is 13.4. The molecule has 2 rings (SSSR count). The molecule has 6 heteroatoms. The molecule has 0 radical (unpaired) electrons. The third-order valence-corrected chi connectivity index (χ3v) is 7.39. The number of carbonyl (C=O) groups excluding carboxylic acids is 2. The Labute approximate surface area is 246 Å². The Balaban J connectivity index is 1.89. The summed E-state index contributed by atoms with van der Waals surface area (Å²) in [6.45, 7) is 6.29. The molecule has 0 aromatic heterocycles. The maximum absolute atomic E-state index is 12.6. The van der Waals surface area contributed by atoms with Crippen LogP contribution in [0, 0.1) is 0 Å². The number of carboxylic acid groups (broad SMARTS) is 1. The second kappa shape index (κ2) is 19.8. The molecule has 0 unspecified atom stereocenters. The van der Waals surface area contributed by atoms with Gasteiger partial charge in [0.2, 0.25) is 0 Å². The first-order chi connectivity index (χ1) is 19.8. The van der Waals surface area contributed by atoms with Crippen LogP contribution in [0.4, 0.5) is 0 Å². The Hall–Kier alpha value is -3.15. The number of hydrogen-bond acceptors (Lipinski definition) is 5. The summed E-state index contributed by atoms with van der Waals surface area (Å²) in [5, 5.41) is 9.72. The molecule has 0 saturated heterocycles. The fourth-order valence-corrected chi connectivity index (χ4v) is 4.91. The van der Waals surface area contributed by atoms with Gasteiger partial charge in [0.05, 0.1) is 17.2 Å². The van der Waals surface area contributed by atoms with E-state index in [0.717, 1.165) is 44.9 Å². The van der Waals surface area contributed by atoms with Gasteiger partial charge in [-0.1, -0.05) is 103 Å². The lowest BCUT2D eigenvalue weighted by molar-refractivity contribution is -0.134. The number of unbranched alkanes of at least 4 members (excludes halogenated alkanes) is 12. The Morgan fingerprint density at radius 3 is 1.88 bits per heavy atom. The van der Waals surface area contributed by atoms with Crippen LogP contribution >= 0.6 is 0 Å². The molecular formula is C35H50O6. The van der Waals surface area contributed by atoms with Crippen LogP contribution in [0.15, 0.2) is 42.5 Å². The minimum absolute atomic E-state index is 0.0931. The number of benzene rings is 2. The maximum Gasteiger partial charge on any atom is 0.338 e. The average Bonchev–Trinajstić information content (AvgIpc) is 2.96. The summed E-state index contributed by atoms with van der Waals surface area (Å²) in [5.74, 6) is -1.49. The molecule has 0 spiro atoms. The third-order valence-electron chi connectivity index (χ3n) is 7.39. The zero-order valence-electron chi connectivity index (χ0n) is 25.4. The maximum atomic E-state index is 12.6. The number of ether oxygens (including phenoxy) is 2. The van der Waals surface area contributed by atoms with Gasteiger partial charge < -0.3 is 14.6 Å². The molecule has 0 aliphatic rings. The van der Waals surface area contributed by atoms with Crippen LogP contribution in [0.1, 0.15) is 144 Å². The first kappa shape index (κ1) is 34.1. The molecule has 0 heterocycles. The molecule has 226 valence electrons. The Morgan fingerprint density at radius 2 is 1.29 bits per heavy atom. The predicted molar refractivity (Wildman–Crippen MR) is 165 cm³/mol. The summed E-state index contributed by atoms with van der Waals surface area (Å²) in [4.78, 5) is 36.9. The van der Waals surface area contributed by atoms with Crippen LogP contribution in [0.25, 0.3) is 11.1 Å². The number of rotatable bonds is 21. The topological polar surface area (TPSA) is 89.9 Å². The minimum atomic E-state index is -1.08. The highest BCUT2D eigenvalue weighted by Gasteiger charge is 2.17. The fraction of sp³-hybridized carbons (Fsp3) is 0.571. The van der Waals surface area contributed by atoms with Crippen molar-refractivity contribution in [2.45, 2.75) is 130 Å². The van der Waals surface area contributed by atoms with Crippen LogP contribution in [0.2, 0.25) is 0 Å². The molecule has 41 heavy (non-hydrogen) atoms. The summed E-state index contributed by atoms with van der Waals surface area (Å²) in [6.07, 6.45) is 17.4. The zero-order chi connectivity index (χ0) is 29.9. The highest BCUT2D eigenvalue weighted by molar-refractivity contribution is 5.97. The van der Waals surface area contributed by atoms with Gasteiger partial charge in [0, 0.05) is 6.42 Å². The van der Waals surface area contributed by atoms with E-state index >= 15 is 0 Å². The second-order valence-corrected chi connectivity index (χ2v) is 11.1. The molecule has 2 aromatic rings. The van der Waals surface area contributed by atoms with Crippen LogP contribution in [0.3, 0.4) is 0 Å². The summed E-state index contributed by atoms with van der Waals surface area (Å²) < 4.78 is 11.1. The van der Waals surface area contributed by atoms with Gasteiger partial charge in [0.15, 0.2) is 0 Å². The van der Waals surface area contributed by atoms with E-state index in [1.54, 1.807) is 30.3 Å². The van der Waals surface area contributed by atoms with Crippen LogP contribution in [0.5, 0.6) is 5.75 Å². The van der Waals surface area contributed by atoms with Gasteiger partial charge in [-0.05, 0) is 67.6 Å². The number of hydrogen-bond donors (Lipinski definition) is 1. The quantitative estimate of drug-likeness (QED) is 0.0919. The number of esters is 2. The van der Waals surface area contributed by atoms with Crippen LogP contribution in [-0.2, 0) is 9.53 Å². The molecule has 0 bridgehead atoms. The first-order valence-electron chi connectivity index (χ1n) is 15.7. The standard InChI is InChI=1S/C35H50O6/c1-4-6-8-10-11-12-13-14-15-17-19-33(36)41-30-24-25-31(34(37)38)32(26-30)28-20-22-29(23-21-28)35(39)40-27(3)18-16-9-7-5-2/h20-27H,4-19H2,1-3H3,(H,37,38)/t27-/m1/s1. The number of aromatic carboxylic acids is 1. The van der Waals surface area contributed by atoms with Gasteiger partial charge in [0.25, 0.3) is 0 Å². The first-order valence-corrected chi connectivity index (χ1v) is 15.7. The van der Waals surface area contributed by atoms with Crippen LogP contribution < -0.4 is 4.74 Å². The van der Waals surface area contributed by atoms with Crippen molar-refractivity contribution in [2.75, 3.05) is 0 Å². The van der Waals surface area contributed by atoms with Crippen molar-refractivity contribution in [1.29, 1.82) is 0 Å². The van der Waals surface area contributed by atoms with Gasteiger partial charge in [-0.25, -0.2) is 9.59 Å². The fourth-order valence-electron chi connectivity index (χ4n) is 4.91. The number of carboxylic acids is 1. The zero-order valence-corrected chi connectivity index (χ0v) is 25.4. The van der Waals surface area contributed by atoms with E-state index in [9.17, 15) is 19.5 Å². The molecule has 1 atom stereocenters. The van der Waals surface area contributed by atoms with Crippen molar-refractivity contribution in [3.8, 4) is 16.9 Å². The lowest BCUT2D eigenvalue weighted by Gasteiger charge is -2.14. The van der Waals surface area contributed by atoms with E-state index in [4.69, 9.17) is 9.47 Å². The minimum Gasteiger partial charge on any atom is -0.478 e. The van der Waals surface area contributed by atoms with E-state index < -0.39 is 11.9 Å². The van der Waals surface area contributed by atoms with E-state index in [-0.39, 0.29) is 17.6 Å². The lowest BCUT2D eigenvalue weighted by Crippen LogP contribution is -2.15. The van der Waals surface area contributed by atoms with Crippen molar-refractivity contribution in [2.24, 2.45) is 0 Å².